The molecule has 0 aliphatic heterocycles. The van der Waals surface area contributed by atoms with Crippen LogP contribution in [0.2, 0.25) is 0 Å². The monoisotopic (exact) mass is 306 g/mol. The van der Waals surface area contributed by atoms with Gasteiger partial charge in [-0.15, -0.1) is 0 Å². The highest BCUT2D eigenvalue weighted by atomic mass is 19.1. The summed E-state index contributed by atoms with van der Waals surface area (Å²) < 4.78 is 18.0. The van der Waals surface area contributed by atoms with Crippen molar-refractivity contribution in [1.82, 2.24) is 10.5 Å². The lowest BCUT2D eigenvalue weighted by molar-refractivity contribution is 0.0842. The summed E-state index contributed by atoms with van der Waals surface area (Å²) in [6.45, 7) is 4.05. The molecule has 2 atom stereocenters. The van der Waals surface area contributed by atoms with E-state index < -0.39 is 12.0 Å². The van der Waals surface area contributed by atoms with Crippen LogP contribution in [0.15, 0.2) is 34.9 Å². The number of hydrogen-bond donors (Lipinski definition) is 2. The van der Waals surface area contributed by atoms with Gasteiger partial charge in [0.05, 0.1) is 6.10 Å². The maximum absolute atomic E-state index is 12.9. The van der Waals surface area contributed by atoms with Gasteiger partial charge >= 0.3 is 0 Å². The molecule has 0 aliphatic carbocycles. The van der Waals surface area contributed by atoms with Gasteiger partial charge in [-0.05, 0) is 30.2 Å². The molecule has 5 nitrogen and oxygen atoms in total. The number of benzene rings is 1. The van der Waals surface area contributed by atoms with E-state index in [9.17, 15) is 14.3 Å². The van der Waals surface area contributed by atoms with E-state index >= 15 is 0 Å². The second-order valence-electron chi connectivity index (χ2n) is 5.25. The van der Waals surface area contributed by atoms with Gasteiger partial charge in [0.25, 0.3) is 5.91 Å². The van der Waals surface area contributed by atoms with E-state index in [0.717, 1.165) is 6.42 Å². The van der Waals surface area contributed by atoms with Crippen LogP contribution >= 0.6 is 0 Å². The maximum atomic E-state index is 12.9. The van der Waals surface area contributed by atoms with Gasteiger partial charge in [-0.3, -0.25) is 4.79 Å². The Labute approximate surface area is 128 Å². The van der Waals surface area contributed by atoms with Crippen molar-refractivity contribution in [3.05, 3.63) is 41.8 Å². The van der Waals surface area contributed by atoms with Gasteiger partial charge in [-0.2, -0.15) is 0 Å². The quantitative estimate of drug-likeness (QED) is 0.860. The topological polar surface area (TPSA) is 75.4 Å². The molecular formula is C16H19FN2O3. The fourth-order valence-electron chi connectivity index (χ4n) is 1.89. The van der Waals surface area contributed by atoms with Crippen molar-refractivity contribution in [2.24, 2.45) is 5.92 Å². The molecule has 0 bridgehead atoms. The average Bonchev–Trinajstić information content (AvgIpc) is 3.02. The number of aliphatic hydroxyl groups is 1. The first-order valence-corrected chi connectivity index (χ1v) is 7.20. The normalized spacial score (nSPS) is 13.6. The first-order valence-electron chi connectivity index (χ1n) is 7.20. The number of aliphatic hydroxyl groups excluding tert-OH is 1. The second-order valence-corrected chi connectivity index (χ2v) is 5.25. The number of aromatic nitrogens is 1. The zero-order valence-corrected chi connectivity index (χ0v) is 12.5. The van der Waals surface area contributed by atoms with Crippen LogP contribution in [0, 0.1) is 11.7 Å². The average molecular weight is 306 g/mol. The molecule has 0 saturated carbocycles. The number of nitrogens with zero attached hydrogens (tertiary/aromatic N) is 1. The van der Waals surface area contributed by atoms with E-state index in [1.807, 2.05) is 13.8 Å². The summed E-state index contributed by atoms with van der Waals surface area (Å²) in [5.74, 6) is -0.278. The van der Waals surface area contributed by atoms with Crippen molar-refractivity contribution in [2.45, 2.75) is 26.4 Å². The van der Waals surface area contributed by atoms with Crippen molar-refractivity contribution < 1.29 is 18.8 Å². The van der Waals surface area contributed by atoms with Crippen molar-refractivity contribution in [3.63, 3.8) is 0 Å². The van der Waals surface area contributed by atoms with Gasteiger partial charge in [0.2, 0.25) is 0 Å². The third kappa shape index (κ3) is 3.92. The summed E-state index contributed by atoms with van der Waals surface area (Å²) in [5, 5.41) is 16.1. The minimum Gasteiger partial charge on any atom is -0.391 e. The number of carbonyl (C=O) groups excluding carboxylic acids is 1. The molecule has 6 heteroatoms. The second kappa shape index (κ2) is 7.17. The minimum atomic E-state index is -0.600. The Balaban J connectivity index is 1.99. The van der Waals surface area contributed by atoms with E-state index in [1.54, 1.807) is 12.1 Å². The Hall–Kier alpha value is -2.21. The predicted octanol–water partition coefficient (Wildman–Crippen LogP) is 2.62. The molecule has 1 amide bonds. The van der Waals surface area contributed by atoms with Crippen molar-refractivity contribution in [3.8, 4) is 11.3 Å². The molecule has 1 heterocycles. The molecule has 22 heavy (non-hydrogen) atoms. The Bertz CT molecular complexity index is 625. The van der Waals surface area contributed by atoms with Gasteiger partial charge < -0.3 is 14.9 Å². The number of amides is 1. The molecule has 118 valence electrons. The van der Waals surface area contributed by atoms with E-state index in [4.69, 9.17) is 4.52 Å². The molecule has 0 spiro atoms. The summed E-state index contributed by atoms with van der Waals surface area (Å²) in [6.07, 6.45) is 0.229. The SMILES string of the molecule is CCC(C)C(O)CNC(=O)c1cc(-c2ccc(F)cc2)on1. The Morgan fingerprint density at radius 1 is 1.41 bits per heavy atom. The van der Waals surface area contributed by atoms with Crippen LogP contribution in [-0.2, 0) is 0 Å². The lowest BCUT2D eigenvalue weighted by Gasteiger charge is -2.16. The lowest BCUT2D eigenvalue weighted by Crippen LogP contribution is -2.35. The molecule has 1 aromatic carbocycles. The van der Waals surface area contributed by atoms with E-state index in [0.29, 0.717) is 11.3 Å². The zero-order chi connectivity index (χ0) is 16.1. The van der Waals surface area contributed by atoms with Gasteiger partial charge in [-0.25, -0.2) is 4.39 Å². The third-order valence-corrected chi connectivity index (χ3v) is 3.64. The summed E-state index contributed by atoms with van der Waals surface area (Å²) in [6, 6.07) is 7.19. The number of rotatable bonds is 6. The molecule has 2 N–H and O–H groups in total. The van der Waals surface area contributed by atoms with Crippen LogP contribution < -0.4 is 5.32 Å². The smallest absolute Gasteiger partial charge is 0.273 e. The number of nitrogens with one attached hydrogen (secondary N) is 1. The van der Waals surface area contributed by atoms with Crippen molar-refractivity contribution in [1.29, 1.82) is 0 Å². The van der Waals surface area contributed by atoms with Gasteiger partial charge in [0, 0.05) is 18.2 Å². The molecule has 2 aromatic rings. The van der Waals surface area contributed by atoms with Crippen LogP contribution in [0.3, 0.4) is 0 Å². The van der Waals surface area contributed by atoms with Crippen LogP contribution in [0.1, 0.15) is 30.8 Å². The van der Waals surface area contributed by atoms with E-state index in [1.165, 1.54) is 18.2 Å². The van der Waals surface area contributed by atoms with Crippen molar-refractivity contribution in [2.75, 3.05) is 6.54 Å². The fourth-order valence-corrected chi connectivity index (χ4v) is 1.89. The molecular weight excluding hydrogens is 287 g/mol. The van der Waals surface area contributed by atoms with Crippen LogP contribution in [0.4, 0.5) is 4.39 Å². The molecule has 2 unspecified atom stereocenters. The Kier molecular flexibility index (Phi) is 5.27. The number of halogens is 1. The summed E-state index contributed by atoms with van der Waals surface area (Å²) >= 11 is 0. The highest BCUT2D eigenvalue weighted by molar-refractivity contribution is 5.93. The third-order valence-electron chi connectivity index (χ3n) is 3.64. The highest BCUT2D eigenvalue weighted by Crippen LogP contribution is 2.20. The van der Waals surface area contributed by atoms with Crippen LogP contribution in [-0.4, -0.2) is 28.8 Å². The maximum Gasteiger partial charge on any atom is 0.273 e. The largest absolute Gasteiger partial charge is 0.391 e. The molecule has 2 rings (SSSR count). The van der Waals surface area contributed by atoms with Crippen LogP contribution in [0.25, 0.3) is 11.3 Å². The van der Waals surface area contributed by atoms with Crippen molar-refractivity contribution >= 4 is 5.91 Å². The predicted molar refractivity (Wildman–Crippen MR) is 79.7 cm³/mol. The Morgan fingerprint density at radius 3 is 2.73 bits per heavy atom. The fraction of sp³-hybridized carbons (Fsp3) is 0.375. The summed E-state index contributed by atoms with van der Waals surface area (Å²) in [5.41, 5.74) is 0.753. The molecule has 0 saturated heterocycles. The van der Waals surface area contributed by atoms with Gasteiger partial charge in [-0.1, -0.05) is 25.4 Å². The highest BCUT2D eigenvalue weighted by Gasteiger charge is 2.17. The van der Waals surface area contributed by atoms with Gasteiger partial charge in [0.15, 0.2) is 11.5 Å². The van der Waals surface area contributed by atoms with Gasteiger partial charge in [0.1, 0.15) is 5.82 Å². The first-order chi connectivity index (χ1) is 10.5. The summed E-state index contributed by atoms with van der Waals surface area (Å²) in [4.78, 5) is 12.0. The van der Waals surface area contributed by atoms with Crippen LogP contribution in [0.5, 0.6) is 0 Å². The summed E-state index contributed by atoms with van der Waals surface area (Å²) in [7, 11) is 0. The standard InChI is InChI=1S/C16H19FN2O3/c1-3-10(2)14(20)9-18-16(21)13-8-15(22-19-13)11-4-6-12(17)7-5-11/h4-8,10,14,20H,3,9H2,1-2H3,(H,18,21). The van der Waals surface area contributed by atoms with E-state index in [2.05, 4.69) is 10.5 Å². The van der Waals surface area contributed by atoms with E-state index in [-0.39, 0.29) is 24.0 Å². The number of hydrogen-bond acceptors (Lipinski definition) is 4. The molecule has 1 aromatic heterocycles. The first kappa shape index (κ1) is 16.2. The minimum absolute atomic E-state index is 0.104. The lowest BCUT2D eigenvalue weighted by atomic mass is 10.0. The Morgan fingerprint density at radius 2 is 2.09 bits per heavy atom. The molecule has 0 fully saturated rings. The molecule has 0 radical (unpaired) electrons. The molecule has 0 aliphatic rings. The number of carbonyl (C=O) groups is 1. The zero-order valence-electron chi connectivity index (χ0n) is 12.5.